The normalized spacial score (nSPS) is 16.0. The van der Waals surface area contributed by atoms with Gasteiger partial charge in [-0.3, -0.25) is 10.1 Å². The van der Waals surface area contributed by atoms with Crippen LogP contribution in [0, 0.1) is 6.92 Å². The molecule has 2 N–H and O–H groups in total. The molecule has 5 nitrogen and oxygen atoms in total. The van der Waals surface area contributed by atoms with Gasteiger partial charge in [0.15, 0.2) is 5.82 Å². The van der Waals surface area contributed by atoms with E-state index in [-0.39, 0.29) is 0 Å². The molecular weight excluding hydrogens is 298 g/mol. The second-order valence-corrected chi connectivity index (χ2v) is 6.58. The summed E-state index contributed by atoms with van der Waals surface area (Å²) in [5.41, 5.74) is 3.50. The van der Waals surface area contributed by atoms with Crippen molar-refractivity contribution in [2.45, 2.75) is 32.4 Å². The summed E-state index contributed by atoms with van der Waals surface area (Å²) in [5, 5.41) is 12.3. The molecule has 1 aliphatic rings. The summed E-state index contributed by atoms with van der Waals surface area (Å²) >= 11 is 0. The Hall–Kier alpha value is -2.40. The Kier molecular flexibility index (Phi) is 4.17. The SMILES string of the molecule is Cc1cc(N2CCC(NCc3ccc4ncccc4c3)CC2)n[nH]1. The zero-order valence-corrected chi connectivity index (χ0v) is 14.0. The van der Waals surface area contributed by atoms with E-state index < -0.39 is 0 Å². The maximum absolute atomic E-state index is 4.38. The summed E-state index contributed by atoms with van der Waals surface area (Å²) < 4.78 is 0. The molecule has 3 heterocycles. The van der Waals surface area contributed by atoms with E-state index in [0.29, 0.717) is 6.04 Å². The number of piperidine rings is 1. The van der Waals surface area contributed by atoms with Gasteiger partial charge in [0.25, 0.3) is 0 Å². The van der Waals surface area contributed by atoms with E-state index in [0.717, 1.165) is 49.5 Å². The predicted octanol–water partition coefficient (Wildman–Crippen LogP) is 3.02. The van der Waals surface area contributed by atoms with Crippen LogP contribution in [0.25, 0.3) is 10.9 Å². The molecule has 1 saturated heterocycles. The number of benzene rings is 1. The van der Waals surface area contributed by atoms with E-state index in [2.05, 4.69) is 55.7 Å². The lowest BCUT2D eigenvalue weighted by Gasteiger charge is -2.32. The van der Waals surface area contributed by atoms with Gasteiger partial charge >= 0.3 is 0 Å². The van der Waals surface area contributed by atoms with Crippen LogP contribution in [0.2, 0.25) is 0 Å². The van der Waals surface area contributed by atoms with Gasteiger partial charge < -0.3 is 10.2 Å². The molecule has 1 aliphatic heterocycles. The van der Waals surface area contributed by atoms with Crippen molar-refractivity contribution in [3.05, 3.63) is 53.9 Å². The van der Waals surface area contributed by atoms with Crippen molar-refractivity contribution in [3.8, 4) is 0 Å². The van der Waals surface area contributed by atoms with E-state index in [1.807, 2.05) is 19.2 Å². The van der Waals surface area contributed by atoms with E-state index in [4.69, 9.17) is 0 Å². The van der Waals surface area contributed by atoms with Gasteiger partial charge in [-0.2, -0.15) is 5.10 Å². The highest BCUT2D eigenvalue weighted by atomic mass is 15.3. The van der Waals surface area contributed by atoms with Gasteiger partial charge in [0.05, 0.1) is 5.52 Å². The Morgan fingerprint density at radius 3 is 2.88 bits per heavy atom. The zero-order valence-electron chi connectivity index (χ0n) is 14.0. The van der Waals surface area contributed by atoms with E-state index >= 15 is 0 Å². The highest BCUT2D eigenvalue weighted by molar-refractivity contribution is 5.78. The Bertz CT molecular complexity index is 817. The average molecular weight is 321 g/mol. The number of rotatable bonds is 4. The molecule has 0 amide bonds. The lowest BCUT2D eigenvalue weighted by molar-refractivity contribution is 0.413. The van der Waals surface area contributed by atoms with E-state index in [9.17, 15) is 0 Å². The molecule has 2 aromatic heterocycles. The third-order valence-corrected chi connectivity index (χ3v) is 4.77. The lowest BCUT2D eigenvalue weighted by atomic mass is 10.0. The van der Waals surface area contributed by atoms with Crippen LogP contribution in [0.1, 0.15) is 24.1 Å². The average Bonchev–Trinajstić information content (AvgIpc) is 3.07. The Morgan fingerprint density at radius 1 is 1.21 bits per heavy atom. The van der Waals surface area contributed by atoms with Crippen LogP contribution in [0.15, 0.2) is 42.6 Å². The maximum Gasteiger partial charge on any atom is 0.150 e. The van der Waals surface area contributed by atoms with Crippen LogP contribution in [0.4, 0.5) is 5.82 Å². The van der Waals surface area contributed by atoms with Crippen molar-refractivity contribution in [1.29, 1.82) is 0 Å². The number of aromatic amines is 1. The fraction of sp³-hybridized carbons (Fsp3) is 0.368. The summed E-state index contributed by atoms with van der Waals surface area (Å²) in [7, 11) is 0. The van der Waals surface area contributed by atoms with Gasteiger partial charge in [-0.05, 0) is 43.5 Å². The Balaban J connectivity index is 1.32. The number of aryl methyl sites for hydroxylation is 1. The van der Waals surface area contributed by atoms with Gasteiger partial charge in [0, 0.05) is 49.0 Å². The summed E-state index contributed by atoms with van der Waals surface area (Å²) in [6.45, 7) is 5.08. The van der Waals surface area contributed by atoms with Gasteiger partial charge in [-0.25, -0.2) is 0 Å². The Labute approximate surface area is 142 Å². The first-order valence-corrected chi connectivity index (χ1v) is 8.62. The van der Waals surface area contributed by atoms with Crippen molar-refractivity contribution in [2.75, 3.05) is 18.0 Å². The minimum Gasteiger partial charge on any atom is -0.355 e. The third kappa shape index (κ3) is 3.26. The number of hydrogen-bond acceptors (Lipinski definition) is 4. The number of nitrogens with zero attached hydrogens (tertiary/aromatic N) is 3. The van der Waals surface area contributed by atoms with Crippen LogP contribution in [0.5, 0.6) is 0 Å². The number of H-pyrrole nitrogens is 1. The number of fused-ring (bicyclic) bond motifs is 1. The van der Waals surface area contributed by atoms with Crippen molar-refractivity contribution >= 4 is 16.7 Å². The van der Waals surface area contributed by atoms with Crippen LogP contribution < -0.4 is 10.2 Å². The fourth-order valence-corrected chi connectivity index (χ4v) is 3.38. The van der Waals surface area contributed by atoms with Crippen molar-refractivity contribution in [2.24, 2.45) is 0 Å². The topological polar surface area (TPSA) is 56.8 Å². The minimum absolute atomic E-state index is 0.575. The first kappa shape index (κ1) is 15.1. The molecule has 0 bridgehead atoms. The highest BCUT2D eigenvalue weighted by Gasteiger charge is 2.20. The lowest BCUT2D eigenvalue weighted by Crippen LogP contribution is -2.42. The van der Waals surface area contributed by atoms with Gasteiger partial charge in [0.2, 0.25) is 0 Å². The summed E-state index contributed by atoms with van der Waals surface area (Å²) in [5.74, 6) is 1.08. The molecule has 24 heavy (non-hydrogen) atoms. The van der Waals surface area contributed by atoms with E-state index in [1.165, 1.54) is 10.9 Å². The summed E-state index contributed by atoms with van der Waals surface area (Å²) in [6, 6.07) is 13.3. The Morgan fingerprint density at radius 2 is 2.08 bits per heavy atom. The number of pyridine rings is 1. The fourth-order valence-electron chi connectivity index (χ4n) is 3.38. The first-order chi connectivity index (χ1) is 11.8. The molecule has 0 radical (unpaired) electrons. The maximum atomic E-state index is 4.38. The first-order valence-electron chi connectivity index (χ1n) is 8.62. The molecule has 0 unspecified atom stereocenters. The van der Waals surface area contributed by atoms with Crippen LogP contribution in [0.3, 0.4) is 0 Å². The van der Waals surface area contributed by atoms with Crippen molar-refractivity contribution in [3.63, 3.8) is 0 Å². The van der Waals surface area contributed by atoms with Crippen molar-refractivity contribution < 1.29 is 0 Å². The molecular formula is C19H23N5. The predicted molar refractivity (Wildman–Crippen MR) is 97.1 cm³/mol. The summed E-state index contributed by atoms with van der Waals surface area (Å²) in [6.07, 6.45) is 4.15. The van der Waals surface area contributed by atoms with Crippen LogP contribution >= 0.6 is 0 Å². The molecule has 4 rings (SSSR count). The van der Waals surface area contributed by atoms with Gasteiger partial charge in [0.1, 0.15) is 0 Å². The molecule has 5 heteroatoms. The number of aromatic nitrogens is 3. The van der Waals surface area contributed by atoms with Gasteiger partial charge in [-0.15, -0.1) is 0 Å². The molecule has 1 fully saturated rings. The summed E-state index contributed by atoms with van der Waals surface area (Å²) in [4.78, 5) is 6.74. The monoisotopic (exact) mass is 321 g/mol. The van der Waals surface area contributed by atoms with Crippen molar-refractivity contribution in [1.82, 2.24) is 20.5 Å². The number of hydrogen-bond donors (Lipinski definition) is 2. The molecule has 0 aliphatic carbocycles. The number of nitrogens with one attached hydrogen (secondary N) is 2. The largest absolute Gasteiger partial charge is 0.355 e. The van der Waals surface area contributed by atoms with Gasteiger partial charge in [-0.1, -0.05) is 12.1 Å². The molecule has 3 aromatic rings. The molecule has 124 valence electrons. The second-order valence-electron chi connectivity index (χ2n) is 6.58. The smallest absolute Gasteiger partial charge is 0.150 e. The van der Waals surface area contributed by atoms with Crippen LogP contribution in [-0.2, 0) is 6.54 Å². The standard InChI is InChI=1S/C19H23N5/c1-14-11-19(23-22-14)24-9-6-17(7-10-24)21-13-15-4-5-18-16(12-15)3-2-8-20-18/h2-5,8,11-12,17,21H,6-7,9-10,13H2,1H3,(H,22,23). The molecule has 1 aromatic carbocycles. The third-order valence-electron chi connectivity index (χ3n) is 4.77. The second kappa shape index (κ2) is 6.61. The van der Waals surface area contributed by atoms with Crippen LogP contribution in [-0.4, -0.2) is 34.3 Å². The molecule has 0 saturated carbocycles. The quantitative estimate of drug-likeness (QED) is 0.775. The number of anilines is 1. The molecule has 0 spiro atoms. The van der Waals surface area contributed by atoms with E-state index in [1.54, 1.807) is 0 Å². The molecule has 0 atom stereocenters. The highest BCUT2D eigenvalue weighted by Crippen LogP contribution is 2.19. The zero-order chi connectivity index (χ0) is 16.4. The minimum atomic E-state index is 0.575.